The molecule has 0 saturated heterocycles. The Kier molecular flexibility index (Phi) is 5.34. The number of aromatic nitrogens is 2. The van der Waals surface area contributed by atoms with E-state index in [0.29, 0.717) is 20.9 Å². The molecule has 2 aromatic carbocycles. The van der Waals surface area contributed by atoms with Crippen LogP contribution in [0.4, 0.5) is 5.69 Å². The fourth-order valence-electron chi connectivity index (χ4n) is 2.54. The van der Waals surface area contributed by atoms with E-state index in [2.05, 4.69) is 25.9 Å². The Morgan fingerprint density at radius 1 is 1.19 bits per heavy atom. The van der Waals surface area contributed by atoms with E-state index in [9.17, 15) is 14.7 Å². The van der Waals surface area contributed by atoms with Crippen LogP contribution in [0.15, 0.2) is 55.5 Å². The number of aryl methyl sites for hydroxylation is 2. The molecule has 0 atom stereocenters. The van der Waals surface area contributed by atoms with Crippen molar-refractivity contribution >= 4 is 39.4 Å². The lowest BCUT2D eigenvalue weighted by Gasteiger charge is -2.12. The molecule has 8 heteroatoms. The lowest BCUT2D eigenvalue weighted by atomic mass is 10.1. The van der Waals surface area contributed by atoms with Crippen LogP contribution < -0.4 is 11.2 Å². The van der Waals surface area contributed by atoms with Gasteiger partial charge in [-0.25, -0.2) is 9.36 Å². The normalized spacial score (nSPS) is 11.3. The van der Waals surface area contributed by atoms with Crippen LogP contribution in [0, 0.1) is 13.8 Å². The summed E-state index contributed by atoms with van der Waals surface area (Å²) in [5.74, 6) is -0.482. The number of hydrogen-bond acceptors (Lipinski definition) is 4. The molecule has 1 aromatic heterocycles. The SMILES string of the molecule is Cc1ccc(C)c(-n2c(O)c(C=Nc3ccc(Br)c(Cl)c3)c(=O)[nH]c2=O)c1. The molecule has 0 amide bonds. The maximum absolute atomic E-state index is 12.3. The fourth-order valence-corrected chi connectivity index (χ4v) is 2.96. The smallest absolute Gasteiger partial charge is 0.335 e. The summed E-state index contributed by atoms with van der Waals surface area (Å²) < 4.78 is 1.77. The molecule has 0 fully saturated rings. The van der Waals surface area contributed by atoms with Gasteiger partial charge in [0.1, 0.15) is 5.56 Å². The van der Waals surface area contributed by atoms with Crippen LogP contribution in [0.25, 0.3) is 5.69 Å². The maximum atomic E-state index is 12.3. The second kappa shape index (κ2) is 7.54. The summed E-state index contributed by atoms with van der Waals surface area (Å²) in [6.45, 7) is 3.68. The highest BCUT2D eigenvalue weighted by molar-refractivity contribution is 9.10. The topological polar surface area (TPSA) is 87.4 Å². The third kappa shape index (κ3) is 3.89. The molecule has 0 aliphatic heterocycles. The Hall–Kier alpha value is -2.64. The number of aromatic amines is 1. The van der Waals surface area contributed by atoms with Crippen LogP contribution in [-0.4, -0.2) is 20.9 Å². The molecule has 1 heterocycles. The second-order valence-corrected chi connectivity index (χ2v) is 7.24. The van der Waals surface area contributed by atoms with E-state index < -0.39 is 17.1 Å². The molecule has 0 saturated carbocycles. The van der Waals surface area contributed by atoms with Crippen molar-refractivity contribution in [1.29, 1.82) is 0 Å². The summed E-state index contributed by atoms with van der Waals surface area (Å²) in [5.41, 5.74) is 1.07. The first-order valence-corrected chi connectivity index (χ1v) is 9.10. The first-order valence-electron chi connectivity index (χ1n) is 7.93. The average molecular weight is 449 g/mol. The van der Waals surface area contributed by atoms with Gasteiger partial charge in [-0.15, -0.1) is 0 Å². The van der Waals surface area contributed by atoms with Crippen molar-refractivity contribution in [2.75, 3.05) is 0 Å². The number of nitrogens with one attached hydrogen (secondary N) is 1. The Morgan fingerprint density at radius 2 is 1.93 bits per heavy atom. The number of aromatic hydroxyl groups is 1. The van der Waals surface area contributed by atoms with Crippen LogP contribution in [0.5, 0.6) is 5.88 Å². The number of benzene rings is 2. The Morgan fingerprint density at radius 3 is 2.63 bits per heavy atom. The van der Waals surface area contributed by atoms with Crippen molar-refractivity contribution < 1.29 is 5.11 Å². The van der Waals surface area contributed by atoms with E-state index >= 15 is 0 Å². The molecule has 0 aliphatic carbocycles. The van der Waals surface area contributed by atoms with Crippen LogP contribution in [0.2, 0.25) is 5.02 Å². The quantitative estimate of drug-likeness (QED) is 0.593. The molecule has 0 spiro atoms. The molecule has 3 rings (SSSR count). The second-order valence-electron chi connectivity index (χ2n) is 5.98. The van der Waals surface area contributed by atoms with Crippen molar-refractivity contribution in [1.82, 2.24) is 9.55 Å². The Labute approximate surface area is 167 Å². The number of rotatable bonds is 3. The van der Waals surface area contributed by atoms with E-state index in [1.54, 1.807) is 24.3 Å². The van der Waals surface area contributed by atoms with Crippen molar-refractivity contribution in [2.45, 2.75) is 13.8 Å². The van der Waals surface area contributed by atoms with E-state index in [-0.39, 0.29) is 5.56 Å². The van der Waals surface area contributed by atoms with Gasteiger partial charge < -0.3 is 5.11 Å². The van der Waals surface area contributed by atoms with Crippen molar-refractivity contribution in [2.24, 2.45) is 4.99 Å². The van der Waals surface area contributed by atoms with Crippen molar-refractivity contribution in [3.63, 3.8) is 0 Å². The van der Waals surface area contributed by atoms with E-state index in [1.165, 1.54) is 6.21 Å². The maximum Gasteiger partial charge on any atom is 0.335 e. The number of halogens is 2. The molecular formula is C19H15BrClN3O3. The summed E-state index contributed by atoms with van der Waals surface area (Å²) >= 11 is 9.32. The molecule has 138 valence electrons. The van der Waals surface area contributed by atoms with Gasteiger partial charge in [-0.3, -0.25) is 14.8 Å². The number of nitrogens with zero attached hydrogens (tertiary/aromatic N) is 2. The minimum Gasteiger partial charge on any atom is -0.493 e. The highest BCUT2D eigenvalue weighted by atomic mass is 79.9. The minimum atomic E-state index is -0.731. The zero-order valence-electron chi connectivity index (χ0n) is 14.5. The van der Waals surface area contributed by atoms with Gasteiger partial charge in [0.2, 0.25) is 5.88 Å². The Balaban J connectivity index is 2.16. The van der Waals surface area contributed by atoms with Crippen molar-refractivity contribution in [3.05, 3.63) is 83.4 Å². The zero-order chi connectivity index (χ0) is 19.7. The number of H-pyrrole nitrogens is 1. The first-order chi connectivity index (χ1) is 12.8. The third-order valence-electron chi connectivity index (χ3n) is 3.97. The van der Waals surface area contributed by atoms with Gasteiger partial charge in [0, 0.05) is 10.7 Å². The molecule has 2 N–H and O–H groups in total. The third-order valence-corrected chi connectivity index (χ3v) is 5.20. The van der Waals surface area contributed by atoms with Crippen LogP contribution in [-0.2, 0) is 0 Å². The number of hydrogen-bond donors (Lipinski definition) is 2. The van der Waals surface area contributed by atoms with Crippen LogP contribution in [0.3, 0.4) is 0 Å². The Bertz CT molecular complexity index is 1180. The highest BCUT2D eigenvalue weighted by Crippen LogP contribution is 2.27. The summed E-state index contributed by atoms with van der Waals surface area (Å²) in [7, 11) is 0. The van der Waals surface area contributed by atoms with Gasteiger partial charge >= 0.3 is 5.69 Å². The molecule has 6 nitrogen and oxygen atoms in total. The van der Waals surface area contributed by atoms with Gasteiger partial charge in [0.25, 0.3) is 5.56 Å². The predicted molar refractivity (Wildman–Crippen MR) is 110 cm³/mol. The average Bonchev–Trinajstić information content (AvgIpc) is 2.60. The van der Waals surface area contributed by atoms with Gasteiger partial charge in [-0.05, 0) is 65.2 Å². The van der Waals surface area contributed by atoms with E-state index in [0.717, 1.165) is 15.7 Å². The van der Waals surface area contributed by atoms with Crippen LogP contribution in [0.1, 0.15) is 16.7 Å². The van der Waals surface area contributed by atoms with Gasteiger partial charge in [-0.2, -0.15) is 0 Å². The summed E-state index contributed by atoms with van der Waals surface area (Å²) in [4.78, 5) is 30.9. The predicted octanol–water partition coefficient (Wildman–Crippen LogP) is 4.01. The lowest BCUT2D eigenvalue weighted by Crippen LogP contribution is -2.31. The molecule has 0 bridgehead atoms. The van der Waals surface area contributed by atoms with Gasteiger partial charge in [0.15, 0.2) is 0 Å². The molecule has 3 aromatic rings. The molecule has 27 heavy (non-hydrogen) atoms. The summed E-state index contributed by atoms with van der Waals surface area (Å²) in [6, 6.07) is 10.5. The van der Waals surface area contributed by atoms with Crippen molar-refractivity contribution in [3.8, 4) is 11.6 Å². The van der Waals surface area contributed by atoms with E-state index in [1.807, 2.05) is 26.0 Å². The van der Waals surface area contributed by atoms with Crippen LogP contribution >= 0.6 is 27.5 Å². The minimum absolute atomic E-state index is 0.130. The fraction of sp³-hybridized carbons (Fsp3) is 0.105. The lowest BCUT2D eigenvalue weighted by molar-refractivity contribution is 0.430. The van der Waals surface area contributed by atoms with E-state index in [4.69, 9.17) is 11.6 Å². The zero-order valence-corrected chi connectivity index (χ0v) is 16.8. The highest BCUT2D eigenvalue weighted by Gasteiger charge is 2.15. The van der Waals surface area contributed by atoms with Gasteiger partial charge in [0.05, 0.1) is 16.4 Å². The number of aliphatic imine (C=N–C) groups is 1. The summed E-state index contributed by atoms with van der Waals surface area (Å²) in [5, 5.41) is 11.1. The molecule has 0 aliphatic rings. The first kappa shape index (κ1) is 19.1. The summed E-state index contributed by atoms with van der Waals surface area (Å²) in [6.07, 6.45) is 1.20. The molecule has 0 unspecified atom stereocenters. The molecule has 0 radical (unpaired) electrons. The largest absolute Gasteiger partial charge is 0.493 e. The van der Waals surface area contributed by atoms with Gasteiger partial charge in [-0.1, -0.05) is 23.7 Å². The standard InChI is InChI=1S/C19H15BrClN3O3/c1-10-3-4-11(2)16(7-10)24-18(26)13(17(25)23-19(24)27)9-22-12-5-6-14(20)15(21)8-12/h3-9,26H,1-2H3,(H,23,25,27). The molecular weight excluding hydrogens is 434 g/mol. The monoisotopic (exact) mass is 447 g/mol.